The van der Waals surface area contributed by atoms with E-state index in [0.717, 1.165) is 19.3 Å². The number of carboxylic acid groups (broad SMARTS) is 1. The smallest absolute Gasteiger partial charge is 0.317 e. The Kier molecular flexibility index (Phi) is 7.52. The molecule has 0 heterocycles. The summed E-state index contributed by atoms with van der Waals surface area (Å²) >= 11 is 0. The van der Waals surface area contributed by atoms with Gasteiger partial charge in [0.05, 0.1) is 14.4 Å². The van der Waals surface area contributed by atoms with Gasteiger partial charge in [0, 0.05) is 0 Å². The summed E-state index contributed by atoms with van der Waals surface area (Å²) < 4.78 is 0. The van der Waals surface area contributed by atoms with Gasteiger partial charge in [-0.1, -0.05) is 40.0 Å². The van der Waals surface area contributed by atoms with Crippen molar-refractivity contribution in [1.82, 2.24) is 4.90 Å². The van der Waals surface area contributed by atoms with Gasteiger partial charge < -0.3 is 10.0 Å². The van der Waals surface area contributed by atoms with Gasteiger partial charge in [-0.2, -0.15) is 0 Å². The highest BCUT2D eigenvalue weighted by Crippen LogP contribution is 2.33. The SMILES string of the molecule is [B]C(CC(C)(CC)CCCC)N(C)CC(=O)O. The Bertz CT molecular complexity index is 235. The van der Waals surface area contributed by atoms with Gasteiger partial charge in [-0.15, -0.1) is 0 Å². The fraction of sp³-hybridized carbons (Fsp3) is 0.923. The zero-order valence-corrected chi connectivity index (χ0v) is 11.7. The number of rotatable bonds is 9. The molecule has 0 aromatic heterocycles. The summed E-state index contributed by atoms with van der Waals surface area (Å²) in [5, 5.41) is 8.73. The van der Waals surface area contributed by atoms with Gasteiger partial charge >= 0.3 is 5.97 Å². The minimum Gasteiger partial charge on any atom is -0.480 e. The summed E-state index contributed by atoms with van der Waals surface area (Å²) in [5.41, 5.74) is 0.224. The lowest BCUT2D eigenvalue weighted by Gasteiger charge is -2.35. The zero-order chi connectivity index (χ0) is 13.5. The van der Waals surface area contributed by atoms with E-state index in [0.29, 0.717) is 0 Å². The summed E-state index contributed by atoms with van der Waals surface area (Å²) in [7, 11) is 7.83. The lowest BCUT2D eigenvalue weighted by molar-refractivity contribution is -0.138. The number of nitrogens with zero attached hydrogens (tertiary/aromatic N) is 1. The number of hydrogen-bond donors (Lipinski definition) is 1. The van der Waals surface area contributed by atoms with E-state index in [2.05, 4.69) is 20.8 Å². The first-order valence-corrected chi connectivity index (χ1v) is 6.52. The van der Waals surface area contributed by atoms with Crippen LogP contribution in [0.15, 0.2) is 0 Å². The van der Waals surface area contributed by atoms with Gasteiger partial charge in [-0.05, 0) is 31.2 Å². The standard InChI is InChI=1S/C13H26BNO2/c1-5-7-8-13(3,6-2)9-11(14)15(4)10-12(16)17/h11H,5-10H2,1-4H3,(H,16,17). The molecule has 0 fully saturated rings. The van der Waals surface area contributed by atoms with Crippen LogP contribution in [0.5, 0.6) is 0 Å². The van der Waals surface area contributed by atoms with E-state index in [-0.39, 0.29) is 17.9 Å². The molecule has 0 amide bonds. The number of aliphatic carboxylic acids is 1. The highest BCUT2D eigenvalue weighted by molar-refractivity contribution is 6.11. The second-order valence-electron chi connectivity index (χ2n) is 5.35. The van der Waals surface area contributed by atoms with Crippen molar-refractivity contribution in [2.24, 2.45) is 5.41 Å². The second-order valence-corrected chi connectivity index (χ2v) is 5.35. The number of unbranched alkanes of at least 4 members (excludes halogenated alkanes) is 1. The molecule has 2 unspecified atom stereocenters. The Balaban J connectivity index is 4.29. The molecule has 1 N–H and O–H groups in total. The van der Waals surface area contributed by atoms with Gasteiger partial charge in [0.25, 0.3) is 0 Å². The average molecular weight is 239 g/mol. The molecule has 2 radical (unpaired) electrons. The molecule has 0 aliphatic carbocycles. The van der Waals surface area contributed by atoms with E-state index < -0.39 is 5.97 Å². The van der Waals surface area contributed by atoms with Gasteiger partial charge in [0.15, 0.2) is 0 Å². The lowest BCUT2D eigenvalue weighted by Crippen LogP contribution is -2.39. The monoisotopic (exact) mass is 239 g/mol. The lowest BCUT2D eigenvalue weighted by atomic mass is 9.72. The second kappa shape index (κ2) is 7.75. The molecule has 0 bridgehead atoms. The molecule has 0 spiro atoms. The van der Waals surface area contributed by atoms with Crippen molar-refractivity contribution in [3.63, 3.8) is 0 Å². The molecule has 0 saturated heterocycles. The van der Waals surface area contributed by atoms with Gasteiger partial charge in [0.1, 0.15) is 0 Å². The first-order valence-electron chi connectivity index (χ1n) is 6.52. The summed E-state index contributed by atoms with van der Waals surface area (Å²) in [6.07, 6.45) is 5.50. The number of hydrogen-bond acceptors (Lipinski definition) is 2. The highest BCUT2D eigenvalue weighted by Gasteiger charge is 2.25. The van der Waals surface area contributed by atoms with Gasteiger partial charge in [-0.3, -0.25) is 4.79 Å². The number of carbonyl (C=O) groups is 1. The van der Waals surface area contributed by atoms with E-state index in [9.17, 15) is 4.79 Å². The fourth-order valence-corrected chi connectivity index (χ4v) is 2.02. The molecular weight excluding hydrogens is 213 g/mol. The Hall–Kier alpha value is -0.505. The van der Waals surface area contributed by atoms with E-state index in [1.807, 2.05) is 0 Å². The molecule has 98 valence electrons. The van der Waals surface area contributed by atoms with Crippen molar-refractivity contribution in [2.45, 2.75) is 58.8 Å². The summed E-state index contributed by atoms with van der Waals surface area (Å²) in [6.45, 7) is 6.62. The zero-order valence-electron chi connectivity index (χ0n) is 11.7. The van der Waals surface area contributed by atoms with Crippen molar-refractivity contribution >= 4 is 13.8 Å². The summed E-state index contributed by atoms with van der Waals surface area (Å²) in [5.74, 6) is -0.998. The molecule has 0 aromatic rings. The minimum absolute atomic E-state index is 0.00867. The molecule has 0 aromatic carbocycles. The first-order chi connectivity index (χ1) is 7.84. The van der Waals surface area contributed by atoms with Crippen LogP contribution in [0.25, 0.3) is 0 Å². The fourth-order valence-electron chi connectivity index (χ4n) is 2.02. The predicted octanol–water partition coefficient (Wildman–Crippen LogP) is 2.49. The topological polar surface area (TPSA) is 40.5 Å². The molecule has 0 rings (SSSR count). The van der Waals surface area contributed by atoms with Crippen molar-refractivity contribution in [1.29, 1.82) is 0 Å². The van der Waals surface area contributed by atoms with E-state index >= 15 is 0 Å². The quantitative estimate of drug-likeness (QED) is 0.628. The minimum atomic E-state index is -0.824. The van der Waals surface area contributed by atoms with Crippen LogP contribution in [-0.4, -0.2) is 43.4 Å². The molecule has 3 nitrogen and oxygen atoms in total. The Morgan fingerprint density at radius 2 is 2.06 bits per heavy atom. The maximum absolute atomic E-state index is 10.6. The normalized spacial score (nSPS) is 16.8. The molecule has 17 heavy (non-hydrogen) atoms. The van der Waals surface area contributed by atoms with Crippen LogP contribution >= 0.6 is 0 Å². The number of likely N-dealkylation sites (N-methyl/N-ethyl adjacent to an activating group) is 1. The Morgan fingerprint density at radius 3 is 2.47 bits per heavy atom. The van der Waals surface area contributed by atoms with E-state index in [4.69, 9.17) is 13.0 Å². The van der Waals surface area contributed by atoms with Crippen LogP contribution in [0.3, 0.4) is 0 Å². The molecular formula is C13H26BNO2. The van der Waals surface area contributed by atoms with Crippen LogP contribution in [0.4, 0.5) is 0 Å². The third kappa shape index (κ3) is 6.72. The molecule has 0 aliphatic rings. The van der Waals surface area contributed by atoms with Crippen molar-refractivity contribution in [3.05, 3.63) is 0 Å². The van der Waals surface area contributed by atoms with E-state index in [1.165, 1.54) is 12.8 Å². The maximum atomic E-state index is 10.6. The molecule has 0 aliphatic heterocycles. The molecule has 2 atom stereocenters. The van der Waals surface area contributed by atoms with Gasteiger partial charge in [-0.25, -0.2) is 0 Å². The highest BCUT2D eigenvalue weighted by atomic mass is 16.4. The third-order valence-corrected chi connectivity index (χ3v) is 3.64. The maximum Gasteiger partial charge on any atom is 0.317 e. The van der Waals surface area contributed by atoms with Gasteiger partial charge in [0.2, 0.25) is 0 Å². The van der Waals surface area contributed by atoms with Crippen LogP contribution in [0.2, 0.25) is 0 Å². The van der Waals surface area contributed by atoms with Crippen molar-refractivity contribution in [3.8, 4) is 0 Å². The van der Waals surface area contributed by atoms with Crippen LogP contribution in [0.1, 0.15) is 52.9 Å². The third-order valence-electron chi connectivity index (χ3n) is 3.64. The van der Waals surface area contributed by atoms with E-state index in [1.54, 1.807) is 11.9 Å². The predicted molar refractivity (Wildman–Crippen MR) is 72.3 cm³/mol. The first kappa shape index (κ1) is 16.5. The van der Waals surface area contributed by atoms with Crippen molar-refractivity contribution < 1.29 is 9.90 Å². The van der Waals surface area contributed by atoms with Crippen molar-refractivity contribution in [2.75, 3.05) is 13.6 Å². The van der Waals surface area contributed by atoms with Crippen LogP contribution < -0.4 is 0 Å². The molecule has 0 saturated carbocycles. The Morgan fingerprint density at radius 1 is 1.47 bits per heavy atom. The van der Waals surface area contributed by atoms with Crippen LogP contribution in [0, 0.1) is 5.41 Å². The largest absolute Gasteiger partial charge is 0.480 e. The summed E-state index contributed by atoms with van der Waals surface area (Å²) in [4.78, 5) is 12.3. The summed E-state index contributed by atoms with van der Waals surface area (Å²) in [6, 6.07) is 0. The Labute approximate surface area is 107 Å². The number of carboxylic acids is 1. The molecule has 4 heteroatoms. The van der Waals surface area contributed by atoms with Crippen LogP contribution in [-0.2, 0) is 4.79 Å². The average Bonchev–Trinajstić information content (AvgIpc) is 2.25.